The third-order valence-electron chi connectivity index (χ3n) is 8.69. The Labute approximate surface area is 246 Å². The van der Waals surface area contributed by atoms with Crippen molar-refractivity contribution in [2.24, 2.45) is 5.92 Å². The quantitative estimate of drug-likeness (QED) is 0.399. The van der Waals surface area contributed by atoms with Crippen LogP contribution in [0.2, 0.25) is 0 Å². The first-order chi connectivity index (χ1) is 20.3. The fraction of sp³-hybridized carbons (Fsp3) is 0.531. The number of para-hydroxylation sites is 1. The van der Waals surface area contributed by atoms with Crippen molar-refractivity contribution in [1.29, 1.82) is 0 Å². The van der Waals surface area contributed by atoms with E-state index in [9.17, 15) is 13.2 Å². The van der Waals surface area contributed by atoms with Gasteiger partial charge in [0.25, 0.3) is 0 Å². The first kappa shape index (κ1) is 30.2. The molecule has 0 saturated carbocycles. The second-order valence-electron chi connectivity index (χ2n) is 11.4. The average molecular weight is 583 g/mol. The third-order valence-corrected chi connectivity index (χ3v) is 8.69. The molecule has 0 bridgehead atoms. The molecule has 0 radical (unpaired) electrons. The monoisotopic (exact) mass is 582 g/mol. The average Bonchev–Trinajstić information content (AvgIpc) is 3.58. The third kappa shape index (κ3) is 6.24. The van der Waals surface area contributed by atoms with Gasteiger partial charge in [-0.15, -0.1) is 0 Å². The molecule has 3 aliphatic heterocycles. The van der Waals surface area contributed by atoms with Crippen molar-refractivity contribution in [1.82, 2.24) is 25.2 Å². The van der Waals surface area contributed by atoms with Gasteiger partial charge in [-0.2, -0.15) is 13.2 Å². The maximum atomic E-state index is 13.7. The number of ether oxygens (including phenoxy) is 1. The Kier molecular flexibility index (Phi) is 9.32. The van der Waals surface area contributed by atoms with Crippen LogP contribution in [0, 0.1) is 5.92 Å². The van der Waals surface area contributed by atoms with Gasteiger partial charge in [0, 0.05) is 49.6 Å². The lowest BCUT2D eigenvalue weighted by atomic mass is 9.62. The van der Waals surface area contributed by atoms with Gasteiger partial charge in [0.2, 0.25) is 0 Å². The zero-order chi connectivity index (χ0) is 29.7. The maximum Gasteiger partial charge on any atom is 0.437 e. The molecule has 5 heterocycles. The number of nitrogens with one attached hydrogen (secondary N) is 1. The number of nitrogens with zero attached hydrogens (tertiary/aromatic N) is 5. The van der Waals surface area contributed by atoms with Crippen molar-refractivity contribution in [3.05, 3.63) is 65.7 Å². The maximum absolute atomic E-state index is 13.7. The molecule has 1 aromatic carbocycles. The van der Waals surface area contributed by atoms with E-state index in [4.69, 9.17) is 9.72 Å². The molecule has 2 unspecified atom stereocenters. The second kappa shape index (κ2) is 13.0. The molecule has 1 spiro atoms. The molecule has 7 nitrogen and oxygen atoms in total. The predicted octanol–water partition coefficient (Wildman–Crippen LogP) is 5.95. The van der Waals surface area contributed by atoms with Gasteiger partial charge in [-0.1, -0.05) is 31.5 Å². The van der Waals surface area contributed by atoms with Gasteiger partial charge in [-0.25, -0.2) is 9.97 Å². The number of anilines is 1. The van der Waals surface area contributed by atoms with Crippen LogP contribution in [0.25, 0.3) is 11.3 Å². The molecule has 2 fully saturated rings. The van der Waals surface area contributed by atoms with Crippen LogP contribution in [0.3, 0.4) is 0 Å². The fourth-order valence-corrected chi connectivity index (χ4v) is 6.80. The van der Waals surface area contributed by atoms with Crippen molar-refractivity contribution in [3.8, 4) is 17.0 Å². The van der Waals surface area contributed by atoms with Crippen LogP contribution < -0.4 is 15.0 Å². The highest BCUT2D eigenvalue weighted by Crippen LogP contribution is 2.47. The molecule has 6 rings (SSSR count). The number of rotatable bonds is 5. The molecule has 1 N–H and O–H groups in total. The first-order valence-electron chi connectivity index (χ1n) is 15.0. The molecular weight excluding hydrogens is 541 g/mol. The summed E-state index contributed by atoms with van der Waals surface area (Å²) in [5, 5.41) is 3.22. The number of pyridine rings is 1. The summed E-state index contributed by atoms with van der Waals surface area (Å²) in [4.78, 5) is 16.9. The van der Waals surface area contributed by atoms with Gasteiger partial charge in [0.05, 0.1) is 18.0 Å². The second-order valence-corrected chi connectivity index (χ2v) is 11.4. The molecule has 10 heteroatoms. The first-order valence-corrected chi connectivity index (χ1v) is 15.0. The largest absolute Gasteiger partial charge is 0.493 e. The highest BCUT2D eigenvalue weighted by molar-refractivity contribution is 5.68. The van der Waals surface area contributed by atoms with E-state index in [0.29, 0.717) is 26.1 Å². The van der Waals surface area contributed by atoms with Crippen molar-refractivity contribution in [2.75, 3.05) is 51.3 Å². The summed E-state index contributed by atoms with van der Waals surface area (Å²) in [6.07, 6.45) is 2.23. The van der Waals surface area contributed by atoms with E-state index in [2.05, 4.69) is 46.3 Å². The molecule has 3 aliphatic rings. The number of hydrogen-bond donors (Lipinski definition) is 1. The van der Waals surface area contributed by atoms with Crippen molar-refractivity contribution in [3.63, 3.8) is 0 Å². The van der Waals surface area contributed by atoms with E-state index in [1.807, 2.05) is 31.2 Å². The smallest absolute Gasteiger partial charge is 0.437 e. The molecular formula is C32H41F3N6O. The van der Waals surface area contributed by atoms with Crippen LogP contribution >= 0.6 is 0 Å². The number of halogens is 3. The van der Waals surface area contributed by atoms with Gasteiger partial charge >= 0.3 is 6.18 Å². The topological polar surface area (TPSA) is 66.4 Å². The number of hydrogen-bond acceptors (Lipinski definition) is 7. The lowest BCUT2D eigenvalue weighted by Gasteiger charge is -2.52. The van der Waals surface area contributed by atoms with E-state index < -0.39 is 11.9 Å². The number of likely N-dealkylation sites (N-methyl/N-ethyl adjacent to an activating group) is 1. The van der Waals surface area contributed by atoms with Crippen LogP contribution in [-0.4, -0.2) is 66.2 Å². The van der Waals surface area contributed by atoms with E-state index in [-0.39, 0.29) is 17.2 Å². The normalized spacial score (nSPS) is 22.4. The number of benzene rings is 1. The molecule has 0 aliphatic carbocycles. The molecule has 0 amide bonds. The number of alkyl halides is 3. The van der Waals surface area contributed by atoms with E-state index >= 15 is 0 Å². The summed E-state index contributed by atoms with van der Waals surface area (Å²) < 4.78 is 46.9. The summed E-state index contributed by atoms with van der Waals surface area (Å²) in [5.41, 5.74) is 2.96. The summed E-state index contributed by atoms with van der Waals surface area (Å²) in [6, 6.07) is 12.2. The van der Waals surface area contributed by atoms with Crippen LogP contribution in [0.5, 0.6) is 5.75 Å². The van der Waals surface area contributed by atoms with Crippen molar-refractivity contribution >= 4 is 5.82 Å². The minimum Gasteiger partial charge on any atom is -0.493 e. The van der Waals surface area contributed by atoms with E-state index in [1.165, 1.54) is 37.7 Å². The zero-order valence-electron chi connectivity index (χ0n) is 24.8. The Morgan fingerprint density at radius 1 is 1.05 bits per heavy atom. The Hall–Kier alpha value is -3.24. The standard InChI is InChI=1S/C28H32F3N5O.C4H9N/c1-4-19-16-36(26-25(28(29,30)31)32-13-14-33-26)15-12-27(19)18-35(3)17-23-21(27)10-11-22(34-23)20-8-6-7-9-24(20)37-5-2;1-2-4-5-3-1/h6-11,13-14,19H,4-5,12,15-18H2,1-3H3;5H,1-4H2. The van der Waals surface area contributed by atoms with Gasteiger partial charge in [-0.3, -0.25) is 9.88 Å². The van der Waals surface area contributed by atoms with Gasteiger partial charge < -0.3 is 15.0 Å². The summed E-state index contributed by atoms with van der Waals surface area (Å²) in [7, 11) is 2.09. The number of piperidine rings is 1. The Morgan fingerprint density at radius 3 is 2.50 bits per heavy atom. The molecule has 2 saturated heterocycles. The zero-order valence-corrected chi connectivity index (χ0v) is 24.8. The minimum absolute atomic E-state index is 0.0753. The lowest BCUT2D eigenvalue weighted by molar-refractivity contribution is -0.140. The highest BCUT2D eigenvalue weighted by Gasteiger charge is 2.49. The van der Waals surface area contributed by atoms with Crippen LogP contribution in [0.4, 0.5) is 19.0 Å². The van der Waals surface area contributed by atoms with Gasteiger partial charge in [0.1, 0.15) is 5.75 Å². The molecule has 42 heavy (non-hydrogen) atoms. The number of aromatic nitrogens is 3. The SMILES string of the molecule is C1CCNC1.CCOc1ccccc1-c1ccc2c(n1)CN(C)CC21CCN(c2nccnc2C(F)(F)F)CC1CC. The minimum atomic E-state index is -4.55. The van der Waals surface area contributed by atoms with Crippen molar-refractivity contribution in [2.45, 2.75) is 57.7 Å². The van der Waals surface area contributed by atoms with Gasteiger partial charge in [0.15, 0.2) is 11.5 Å². The lowest BCUT2D eigenvalue weighted by Crippen LogP contribution is -2.57. The summed E-state index contributed by atoms with van der Waals surface area (Å²) in [5.74, 6) is 0.864. The van der Waals surface area contributed by atoms with Crippen LogP contribution in [-0.2, 0) is 18.1 Å². The Morgan fingerprint density at radius 2 is 1.81 bits per heavy atom. The van der Waals surface area contributed by atoms with Crippen LogP contribution in [0.15, 0.2) is 48.8 Å². The van der Waals surface area contributed by atoms with Crippen LogP contribution in [0.1, 0.15) is 56.5 Å². The van der Waals surface area contributed by atoms with E-state index in [0.717, 1.165) is 48.4 Å². The summed E-state index contributed by atoms with van der Waals surface area (Å²) >= 11 is 0. The number of fused-ring (bicyclic) bond motifs is 2. The summed E-state index contributed by atoms with van der Waals surface area (Å²) in [6.45, 7) is 9.68. The Bertz CT molecular complexity index is 1340. The molecule has 226 valence electrons. The Balaban J connectivity index is 0.000000639. The highest BCUT2D eigenvalue weighted by atomic mass is 19.4. The molecule has 2 aromatic heterocycles. The molecule has 2 atom stereocenters. The fourth-order valence-electron chi connectivity index (χ4n) is 6.80. The van der Waals surface area contributed by atoms with Crippen molar-refractivity contribution < 1.29 is 17.9 Å². The van der Waals surface area contributed by atoms with E-state index in [1.54, 1.807) is 4.90 Å². The van der Waals surface area contributed by atoms with Gasteiger partial charge in [-0.05, 0) is 76.0 Å². The molecule has 3 aromatic rings. The predicted molar refractivity (Wildman–Crippen MR) is 159 cm³/mol.